The van der Waals surface area contributed by atoms with Gasteiger partial charge in [-0.2, -0.15) is 0 Å². The fraction of sp³-hybridized carbons (Fsp3) is 0.133. The van der Waals surface area contributed by atoms with E-state index in [0.29, 0.717) is 18.5 Å². The van der Waals surface area contributed by atoms with Crippen LogP contribution in [0.1, 0.15) is 15.9 Å². The van der Waals surface area contributed by atoms with Crippen molar-refractivity contribution in [1.29, 1.82) is 0 Å². The molecule has 2 aromatic carbocycles. The molecular weight excluding hydrogens is 275 g/mol. The number of nitrogens with zero attached hydrogens (tertiary/aromatic N) is 1. The number of nitro benzene ring substituents is 1. The number of halogens is 1. The zero-order valence-electron chi connectivity index (χ0n) is 11.1. The van der Waals surface area contributed by atoms with Crippen molar-refractivity contribution in [3.63, 3.8) is 0 Å². The van der Waals surface area contributed by atoms with Gasteiger partial charge < -0.3 is 5.32 Å². The lowest BCUT2D eigenvalue weighted by Crippen LogP contribution is -2.08. The van der Waals surface area contributed by atoms with Crippen LogP contribution in [0, 0.1) is 15.9 Å². The van der Waals surface area contributed by atoms with E-state index in [1.807, 2.05) is 12.1 Å². The van der Waals surface area contributed by atoms with Crippen molar-refractivity contribution in [1.82, 2.24) is 0 Å². The first kappa shape index (κ1) is 14.6. The summed E-state index contributed by atoms with van der Waals surface area (Å²) in [4.78, 5) is 20.7. The molecule has 0 bridgehead atoms. The molecule has 0 aromatic heterocycles. The molecule has 21 heavy (non-hydrogen) atoms. The van der Waals surface area contributed by atoms with Crippen molar-refractivity contribution in [2.24, 2.45) is 0 Å². The van der Waals surface area contributed by atoms with Gasteiger partial charge in [-0.1, -0.05) is 24.3 Å². The van der Waals surface area contributed by atoms with Crippen LogP contribution in [-0.2, 0) is 6.42 Å². The van der Waals surface area contributed by atoms with Crippen LogP contribution < -0.4 is 5.32 Å². The Bertz CT molecular complexity index is 674. The molecule has 0 fully saturated rings. The van der Waals surface area contributed by atoms with Gasteiger partial charge in [0.25, 0.3) is 5.69 Å². The van der Waals surface area contributed by atoms with Crippen LogP contribution in [-0.4, -0.2) is 17.8 Å². The zero-order chi connectivity index (χ0) is 15.2. The van der Waals surface area contributed by atoms with Crippen LogP contribution in [0.5, 0.6) is 0 Å². The molecule has 0 amide bonds. The summed E-state index contributed by atoms with van der Waals surface area (Å²) in [5.41, 5.74) is 1.37. The van der Waals surface area contributed by atoms with E-state index < -0.39 is 10.7 Å². The van der Waals surface area contributed by atoms with Crippen LogP contribution in [0.2, 0.25) is 0 Å². The van der Waals surface area contributed by atoms with Gasteiger partial charge in [-0.3, -0.25) is 14.9 Å². The average molecular weight is 288 g/mol. The van der Waals surface area contributed by atoms with E-state index in [4.69, 9.17) is 0 Å². The van der Waals surface area contributed by atoms with E-state index in [9.17, 15) is 19.3 Å². The van der Waals surface area contributed by atoms with Crippen LogP contribution >= 0.6 is 0 Å². The van der Waals surface area contributed by atoms with Crippen molar-refractivity contribution in [3.8, 4) is 0 Å². The summed E-state index contributed by atoms with van der Waals surface area (Å²) < 4.78 is 13.7. The first-order chi connectivity index (χ1) is 10.1. The number of nitrogens with one attached hydrogen (secondary N) is 1. The Hall–Kier alpha value is -2.76. The summed E-state index contributed by atoms with van der Waals surface area (Å²) in [6.45, 7) is 0.416. The van der Waals surface area contributed by atoms with Gasteiger partial charge in [-0.15, -0.1) is 0 Å². The molecule has 0 aliphatic heterocycles. The minimum absolute atomic E-state index is 0.198. The van der Waals surface area contributed by atoms with Crippen molar-refractivity contribution >= 4 is 17.7 Å². The maximum Gasteiger partial charge on any atom is 0.272 e. The lowest BCUT2D eigenvalue weighted by atomic mass is 10.1. The molecule has 0 saturated carbocycles. The van der Waals surface area contributed by atoms with Gasteiger partial charge in [-0.05, 0) is 18.1 Å². The third-order valence-corrected chi connectivity index (χ3v) is 3.06. The Morgan fingerprint density at radius 3 is 2.67 bits per heavy atom. The molecule has 2 rings (SSSR count). The third kappa shape index (κ3) is 3.62. The molecule has 0 atom stereocenters. The molecule has 0 saturated heterocycles. The van der Waals surface area contributed by atoms with E-state index in [-0.39, 0.29) is 11.4 Å². The van der Waals surface area contributed by atoms with E-state index in [0.717, 1.165) is 17.9 Å². The number of carbonyl (C=O) groups is 1. The van der Waals surface area contributed by atoms with Crippen LogP contribution in [0.3, 0.4) is 0 Å². The second-order valence-electron chi connectivity index (χ2n) is 4.41. The fourth-order valence-electron chi connectivity index (χ4n) is 1.97. The Morgan fingerprint density at radius 1 is 1.24 bits per heavy atom. The second kappa shape index (κ2) is 6.60. The fourth-order valence-corrected chi connectivity index (χ4v) is 1.97. The SMILES string of the molecule is O=Cc1ccccc1CCNc1ccc([N+](=O)[O-])cc1F. The quantitative estimate of drug-likeness (QED) is 0.503. The molecule has 5 nitrogen and oxygen atoms in total. The number of hydrogen-bond acceptors (Lipinski definition) is 4. The molecule has 0 radical (unpaired) electrons. The molecule has 108 valence electrons. The van der Waals surface area contributed by atoms with Gasteiger partial charge >= 0.3 is 0 Å². The first-order valence-electron chi connectivity index (χ1n) is 6.32. The van der Waals surface area contributed by atoms with Gasteiger partial charge in [0.15, 0.2) is 5.82 Å². The lowest BCUT2D eigenvalue weighted by Gasteiger charge is -2.08. The van der Waals surface area contributed by atoms with E-state index in [1.54, 1.807) is 12.1 Å². The molecular formula is C15H13FN2O3. The summed E-state index contributed by atoms with van der Waals surface area (Å²) in [6.07, 6.45) is 1.33. The highest BCUT2D eigenvalue weighted by molar-refractivity contribution is 5.77. The van der Waals surface area contributed by atoms with Crippen molar-refractivity contribution in [3.05, 3.63) is 69.5 Å². The number of non-ortho nitro benzene ring substituents is 1. The smallest absolute Gasteiger partial charge is 0.272 e. The molecule has 0 heterocycles. The van der Waals surface area contributed by atoms with Crippen LogP contribution in [0.4, 0.5) is 15.8 Å². The molecule has 1 N–H and O–H groups in total. The molecule has 0 spiro atoms. The topological polar surface area (TPSA) is 72.2 Å². The van der Waals surface area contributed by atoms with E-state index >= 15 is 0 Å². The number of benzene rings is 2. The highest BCUT2D eigenvalue weighted by Crippen LogP contribution is 2.20. The van der Waals surface area contributed by atoms with E-state index in [1.165, 1.54) is 12.1 Å². The van der Waals surface area contributed by atoms with Crippen LogP contribution in [0.25, 0.3) is 0 Å². The number of hydrogen-bond donors (Lipinski definition) is 1. The maximum absolute atomic E-state index is 13.7. The minimum Gasteiger partial charge on any atom is -0.382 e. The van der Waals surface area contributed by atoms with Gasteiger partial charge in [0.05, 0.1) is 16.7 Å². The summed E-state index contributed by atoms with van der Waals surface area (Å²) in [7, 11) is 0. The summed E-state index contributed by atoms with van der Waals surface area (Å²) >= 11 is 0. The molecule has 2 aromatic rings. The van der Waals surface area contributed by atoms with Gasteiger partial charge in [-0.25, -0.2) is 4.39 Å². The molecule has 6 heteroatoms. The van der Waals surface area contributed by atoms with Crippen molar-refractivity contribution in [2.75, 3.05) is 11.9 Å². The van der Waals surface area contributed by atoms with Gasteiger partial charge in [0, 0.05) is 18.2 Å². The number of anilines is 1. The second-order valence-corrected chi connectivity index (χ2v) is 4.41. The summed E-state index contributed by atoms with van der Waals surface area (Å²) in [5.74, 6) is -0.673. The van der Waals surface area contributed by atoms with Crippen LogP contribution in [0.15, 0.2) is 42.5 Å². The first-order valence-corrected chi connectivity index (χ1v) is 6.32. The van der Waals surface area contributed by atoms with E-state index in [2.05, 4.69) is 5.32 Å². The van der Waals surface area contributed by atoms with Gasteiger partial charge in [0.1, 0.15) is 6.29 Å². The summed E-state index contributed by atoms with van der Waals surface area (Å²) in [6, 6.07) is 10.6. The largest absolute Gasteiger partial charge is 0.382 e. The predicted octanol–water partition coefficient (Wildman–Crippen LogP) is 3.20. The minimum atomic E-state index is -0.673. The monoisotopic (exact) mass is 288 g/mol. The summed E-state index contributed by atoms with van der Waals surface area (Å²) in [5, 5.41) is 13.4. The standard InChI is InChI=1S/C15H13FN2O3/c16-14-9-13(18(20)21)5-6-15(14)17-8-7-11-3-1-2-4-12(11)10-19/h1-6,9-10,17H,7-8H2. The third-order valence-electron chi connectivity index (χ3n) is 3.06. The predicted molar refractivity (Wildman–Crippen MR) is 77.1 cm³/mol. The Balaban J connectivity index is 2.00. The highest BCUT2D eigenvalue weighted by Gasteiger charge is 2.10. The maximum atomic E-state index is 13.7. The molecule has 0 unspecified atom stereocenters. The number of carbonyl (C=O) groups excluding carboxylic acids is 1. The number of rotatable bonds is 6. The Kier molecular flexibility index (Phi) is 4.61. The lowest BCUT2D eigenvalue weighted by molar-refractivity contribution is -0.385. The molecule has 0 aliphatic rings. The normalized spacial score (nSPS) is 10.1. The zero-order valence-corrected chi connectivity index (χ0v) is 11.1. The molecule has 0 aliphatic carbocycles. The Labute approximate surface area is 120 Å². The van der Waals surface area contributed by atoms with Crippen molar-refractivity contribution in [2.45, 2.75) is 6.42 Å². The number of aldehydes is 1. The average Bonchev–Trinajstić information content (AvgIpc) is 2.49. The Morgan fingerprint density at radius 2 is 2.00 bits per heavy atom. The number of nitro groups is 1. The van der Waals surface area contributed by atoms with Crippen molar-refractivity contribution < 1.29 is 14.1 Å². The van der Waals surface area contributed by atoms with Gasteiger partial charge in [0.2, 0.25) is 0 Å². The highest BCUT2D eigenvalue weighted by atomic mass is 19.1.